The largest absolute Gasteiger partial charge is 0.497 e. The van der Waals surface area contributed by atoms with Gasteiger partial charge in [0.25, 0.3) is 0 Å². The molecular weight excluding hydrogens is 540 g/mol. The number of fused-ring (bicyclic) bond motifs is 1. The monoisotopic (exact) mass is 578 g/mol. The van der Waals surface area contributed by atoms with Crippen LogP contribution in [0.25, 0.3) is 5.69 Å². The Hall–Kier alpha value is -3.66. The molecule has 0 aliphatic carbocycles. The molecule has 218 valence electrons. The van der Waals surface area contributed by atoms with Gasteiger partial charge in [-0.05, 0) is 54.8 Å². The number of carbonyl (C=O) groups is 2. The van der Waals surface area contributed by atoms with Gasteiger partial charge in [0.15, 0.2) is 11.5 Å². The predicted molar refractivity (Wildman–Crippen MR) is 161 cm³/mol. The molecule has 2 amide bonds. The first-order valence-corrected chi connectivity index (χ1v) is 14.9. The van der Waals surface area contributed by atoms with Gasteiger partial charge in [-0.1, -0.05) is 26.8 Å². The zero-order chi connectivity index (χ0) is 29.3. The van der Waals surface area contributed by atoms with Gasteiger partial charge in [-0.2, -0.15) is 5.10 Å². The number of aromatic nitrogens is 2. The number of methoxy groups -OCH3 is 3. The normalized spacial score (nSPS) is 17.3. The van der Waals surface area contributed by atoms with Crippen molar-refractivity contribution in [3.63, 3.8) is 0 Å². The van der Waals surface area contributed by atoms with E-state index < -0.39 is 0 Å². The van der Waals surface area contributed by atoms with Gasteiger partial charge < -0.3 is 19.1 Å². The number of benzene rings is 2. The third kappa shape index (κ3) is 5.62. The van der Waals surface area contributed by atoms with Crippen LogP contribution in [0.2, 0.25) is 0 Å². The highest BCUT2D eigenvalue weighted by atomic mass is 32.2. The maximum atomic E-state index is 13.9. The van der Waals surface area contributed by atoms with Gasteiger partial charge in [0.1, 0.15) is 18.1 Å². The summed E-state index contributed by atoms with van der Waals surface area (Å²) < 4.78 is 18.3. The summed E-state index contributed by atoms with van der Waals surface area (Å²) in [5, 5.41) is 4.93. The average Bonchev–Trinajstić information content (AvgIpc) is 3.62. The highest BCUT2D eigenvalue weighted by Gasteiger charge is 2.40. The van der Waals surface area contributed by atoms with E-state index in [-0.39, 0.29) is 34.8 Å². The summed E-state index contributed by atoms with van der Waals surface area (Å²) in [6.07, 6.45) is 1.97. The van der Waals surface area contributed by atoms with Crippen LogP contribution in [0.4, 0.5) is 5.82 Å². The molecule has 1 atom stereocenters. The van der Waals surface area contributed by atoms with Crippen LogP contribution >= 0.6 is 11.8 Å². The van der Waals surface area contributed by atoms with Crippen molar-refractivity contribution in [1.29, 1.82) is 0 Å². The Morgan fingerprint density at radius 2 is 1.66 bits per heavy atom. The summed E-state index contributed by atoms with van der Waals surface area (Å²) in [6, 6.07) is 13.5. The van der Waals surface area contributed by atoms with Crippen molar-refractivity contribution in [1.82, 2.24) is 14.7 Å². The fourth-order valence-electron chi connectivity index (χ4n) is 5.46. The smallest absolute Gasteiger partial charge is 0.242 e. The third-order valence-corrected chi connectivity index (χ3v) is 8.83. The summed E-state index contributed by atoms with van der Waals surface area (Å²) in [5.74, 6) is 2.64. The van der Waals surface area contributed by atoms with E-state index in [1.54, 1.807) is 38.0 Å². The van der Waals surface area contributed by atoms with Crippen molar-refractivity contribution >= 4 is 29.4 Å². The number of anilines is 1. The fraction of sp³-hybridized carbons (Fsp3) is 0.452. The summed E-state index contributed by atoms with van der Waals surface area (Å²) in [5.41, 5.74) is 3.18. The number of hydrogen-bond acceptors (Lipinski definition) is 7. The lowest BCUT2D eigenvalue weighted by Crippen LogP contribution is -2.43. The van der Waals surface area contributed by atoms with Crippen LogP contribution in [0.15, 0.2) is 42.5 Å². The molecule has 3 heterocycles. The zero-order valence-electron chi connectivity index (χ0n) is 24.6. The number of likely N-dealkylation sites (tertiary alicyclic amines) is 1. The lowest BCUT2D eigenvalue weighted by atomic mass is 9.87. The van der Waals surface area contributed by atoms with Crippen LogP contribution in [0.5, 0.6) is 17.2 Å². The van der Waals surface area contributed by atoms with Gasteiger partial charge in [0, 0.05) is 24.1 Å². The van der Waals surface area contributed by atoms with E-state index in [1.807, 2.05) is 52.0 Å². The van der Waals surface area contributed by atoms with Gasteiger partial charge in [0.2, 0.25) is 11.8 Å². The molecule has 3 aromatic rings. The van der Waals surface area contributed by atoms with Crippen molar-refractivity contribution in [3.05, 3.63) is 59.3 Å². The lowest BCUT2D eigenvalue weighted by Gasteiger charge is -2.26. The highest BCUT2D eigenvalue weighted by Crippen LogP contribution is 2.49. The summed E-state index contributed by atoms with van der Waals surface area (Å²) in [7, 11) is 4.85. The number of carbonyl (C=O) groups excluding carboxylic acids is 2. The topological polar surface area (TPSA) is 86.1 Å². The number of amides is 2. The fourth-order valence-corrected chi connectivity index (χ4v) is 6.65. The third-order valence-electron chi connectivity index (χ3n) is 7.58. The zero-order valence-corrected chi connectivity index (χ0v) is 25.4. The molecular formula is C31H38N4O5S. The summed E-state index contributed by atoms with van der Waals surface area (Å²) in [6.45, 7) is 7.78. The molecule has 0 N–H and O–H groups in total. The molecule has 1 aromatic heterocycles. The molecule has 1 saturated heterocycles. The number of thioether (sulfide) groups is 1. The average molecular weight is 579 g/mol. The van der Waals surface area contributed by atoms with Crippen molar-refractivity contribution in [2.24, 2.45) is 0 Å². The lowest BCUT2D eigenvalue weighted by molar-refractivity contribution is -0.130. The van der Waals surface area contributed by atoms with Gasteiger partial charge in [-0.25, -0.2) is 4.68 Å². The first-order valence-electron chi connectivity index (χ1n) is 13.9. The molecule has 0 bridgehead atoms. The Bertz CT molecular complexity index is 1420. The van der Waals surface area contributed by atoms with Crippen LogP contribution in [-0.4, -0.2) is 73.2 Å². The van der Waals surface area contributed by atoms with E-state index in [0.717, 1.165) is 54.2 Å². The van der Waals surface area contributed by atoms with E-state index in [1.165, 1.54) is 0 Å². The van der Waals surface area contributed by atoms with E-state index >= 15 is 0 Å². The Kier molecular flexibility index (Phi) is 8.22. The minimum atomic E-state index is -0.352. The SMILES string of the molecule is COc1ccc(-n2nc(C(C)(C)C)c3c2N(CC(=O)N2CCCC2)C(=O)CSC3c2ccc(OC)c(OC)c2)cc1. The molecule has 0 saturated carbocycles. The minimum absolute atomic E-state index is 0.0313. The molecule has 41 heavy (non-hydrogen) atoms. The van der Waals surface area contributed by atoms with Gasteiger partial charge in [-0.15, -0.1) is 11.8 Å². The Labute approximate surface area is 245 Å². The maximum Gasteiger partial charge on any atom is 0.242 e. The number of hydrogen-bond donors (Lipinski definition) is 0. The predicted octanol–water partition coefficient (Wildman–Crippen LogP) is 4.99. The summed E-state index contributed by atoms with van der Waals surface area (Å²) in [4.78, 5) is 30.9. The van der Waals surface area contributed by atoms with E-state index in [4.69, 9.17) is 19.3 Å². The maximum absolute atomic E-state index is 13.9. The van der Waals surface area contributed by atoms with Crippen LogP contribution < -0.4 is 19.1 Å². The number of nitrogens with zero attached hydrogens (tertiary/aromatic N) is 4. The minimum Gasteiger partial charge on any atom is -0.497 e. The Morgan fingerprint density at radius 1 is 0.976 bits per heavy atom. The second-order valence-electron chi connectivity index (χ2n) is 11.3. The number of ether oxygens (including phenoxy) is 3. The van der Waals surface area contributed by atoms with Crippen molar-refractivity contribution in [2.75, 3.05) is 51.6 Å². The van der Waals surface area contributed by atoms with Crippen LogP contribution in [0.1, 0.15) is 55.7 Å². The van der Waals surface area contributed by atoms with Gasteiger partial charge in [0.05, 0.1) is 43.7 Å². The van der Waals surface area contributed by atoms with Crippen LogP contribution in [0, 0.1) is 0 Å². The van der Waals surface area contributed by atoms with Crippen LogP contribution in [-0.2, 0) is 15.0 Å². The van der Waals surface area contributed by atoms with E-state index in [0.29, 0.717) is 17.3 Å². The molecule has 2 aliphatic heterocycles. The summed E-state index contributed by atoms with van der Waals surface area (Å²) >= 11 is 1.54. The van der Waals surface area contributed by atoms with E-state index in [9.17, 15) is 9.59 Å². The van der Waals surface area contributed by atoms with Crippen molar-refractivity contribution in [3.8, 4) is 22.9 Å². The first-order chi connectivity index (χ1) is 19.7. The molecule has 0 radical (unpaired) electrons. The second kappa shape index (κ2) is 11.7. The van der Waals surface area contributed by atoms with Crippen molar-refractivity contribution < 1.29 is 23.8 Å². The number of rotatable bonds is 7. The molecule has 10 heteroatoms. The van der Waals surface area contributed by atoms with Gasteiger partial charge >= 0.3 is 0 Å². The molecule has 2 aromatic carbocycles. The first kappa shape index (κ1) is 28.9. The molecule has 1 unspecified atom stereocenters. The van der Waals surface area contributed by atoms with Crippen molar-refractivity contribution in [2.45, 2.75) is 44.3 Å². The Morgan fingerprint density at radius 3 is 2.27 bits per heavy atom. The molecule has 1 fully saturated rings. The highest BCUT2D eigenvalue weighted by molar-refractivity contribution is 8.00. The Balaban J connectivity index is 1.74. The standard InChI is InChI=1S/C31H38N4O5S/c1-31(2,3)29-27-28(20-9-14-23(39-5)24(17-20)40-6)41-19-26(37)34(18-25(36)33-15-7-8-16-33)30(27)35(32-29)21-10-12-22(38-4)13-11-21/h9-14,17,28H,7-8,15-16,18-19H2,1-6H3. The molecule has 5 rings (SSSR count). The second-order valence-corrected chi connectivity index (χ2v) is 12.4. The van der Waals surface area contributed by atoms with Gasteiger partial charge in [-0.3, -0.25) is 14.5 Å². The van der Waals surface area contributed by atoms with Crippen LogP contribution in [0.3, 0.4) is 0 Å². The van der Waals surface area contributed by atoms with E-state index in [2.05, 4.69) is 20.8 Å². The quantitative estimate of drug-likeness (QED) is 0.391. The molecule has 0 spiro atoms. The molecule has 2 aliphatic rings. The molecule has 9 nitrogen and oxygen atoms in total.